The summed E-state index contributed by atoms with van der Waals surface area (Å²) in [6, 6.07) is 4.94. The smallest absolute Gasteiger partial charge is 0.339 e. The first kappa shape index (κ1) is 14.8. The van der Waals surface area contributed by atoms with Crippen molar-refractivity contribution in [3.8, 4) is 5.75 Å². The highest BCUT2D eigenvalue weighted by molar-refractivity contribution is 14.1. The van der Waals surface area contributed by atoms with Crippen LogP contribution in [0.3, 0.4) is 0 Å². The van der Waals surface area contributed by atoms with Crippen molar-refractivity contribution in [1.29, 1.82) is 0 Å². The first-order chi connectivity index (χ1) is 9.47. The standard InChI is InChI=1S/C13H13IN2O4/c1-7(2)12-15-11(20-16-12)6-19-10-4-3-8(14)5-9(10)13(17)18/h3-5,7H,6H2,1-2H3,(H,17,18). The summed E-state index contributed by atoms with van der Waals surface area (Å²) in [6.07, 6.45) is 0. The lowest BCUT2D eigenvalue weighted by Gasteiger charge is -2.07. The molecule has 2 rings (SSSR count). The van der Waals surface area contributed by atoms with E-state index >= 15 is 0 Å². The molecule has 1 aromatic heterocycles. The van der Waals surface area contributed by atoms with Crippen molar-refractivity contribution in [2.24, 2.45) is 0 Å². The fourth-order valence-corrected chi connectivity index (χ4v) is 1.99. The van der Waals surface area contributed by atoms with E-state index in [0.29, 0.717) is 11.7 Å². The van der Waals surface area contributed by atoms with Crippen LogP contribution in [-0.2, 0) is 6.61 Å². The Labute approximate surface area is 129 Å². The molecule has 1 heterocycles. The van der Waals surface area contributed by atoms with Crippen LogP contribution in [0.25, 0.3) is 0 Å². The van der Waals surface area contributed by atoms with Crippen LogP contribution in [0.15, 0.2) is 22.7 Å². The van der Waals surface area contributed by atoms with Gasteiger partial charge < -0.3 is 14.4 Å². The normalized spacial score (nSPS) is 10.8. The Balaban J connectivity index is 2.12. The van der Waals surface area contributed by atoms with Crippen molar-refractivity contribution in [2.75, 3.05) is 0 Å². The molecule has 0 fully saturated rings. The third-order valence-electron chi connectivity index (χ3n) is 2.52. The van der Waals surface area contributed by atoms with Crippen molar-refractivity contribution in [3.63, 3.8) is 0 Å². The molecule has 0 saturated carbocycles. The lowest BCUT2D eigenvalue weighted by atomic mass is 10.2. The van der Waals surface area contributed by atoms with E-state index < -0.39 is 5.97 Å². The molecule has 0 unspecified atom stereocenters. The number of rotatable bonds is 5. The highest BCUT2D eigenvalue weighted by atomic mass is 127. The van der Waals surface area contributed by atoms with Crippen molar-refractivity contribution >= 4 is 28.6 Å². The lowest BCUT2D eigenvalue weighted by Crippen LogP contribution is -2.04. The highest BCUT2D eigenvalue weighted by Gasteiger charge is 2.14. The van der Waals surface area contributed by atoms with E-state index in [1.54, 1.807) is 18.2 Å². The van der Waals surface area contributed by atoms with E-state index in [1.165, 1.54) is 0 Å². The Bertz CT molecular complexity index is 625. The molecule has 106 valence electrons. The molecule has 7 heteroatoms. The van der Waals surface area contributed by atoms with Gasteiger partial charge in [-0.3, -0.25) is 0 Å². The predicted molar refractivity (Wildman–Crippen MR) is 78.8 cm³/mol. The molecule has 0 aliphatic rings. The first-order valence-electron chi connectivity index (χ1n) is 5.95. The molecule has 0 saturated heterocycles. The van der Waals surface area contributed by atoms with Gasteiger partial charge in [-0.2, -0.15) is 4.98 Å². The topological polar surface area (TPSA) is 85.5 Å². The van der Waals surface area contributed by atoms with Crippen LogP contribution in [0.4, 0.5) is 0 Å². The van der Waals surface area contributed by atoms with E-state index in [1.807, 2.05) is 36.4 Å². The number of benzene rings is 1. The van der Waals surface area contributed by atoms with Gasteiger partial charge in [-0.1, -0.05) is 19.0 Å². The van der Waals surface area contributed by atoms with Crippen LogP contribution >= 0.6 is 22.6 Å². The van der Waals surface area contributed by atoms with Gasteiger partial charge in [0.05, 0.1) is 0 Å². The lowest BCUT2D eigenvalue weighted by molar-refractivity contribution is 0.0691. The molecule has 0 aliphatic carbocycles. The number of carbonyl (C=O) groups is 1. The zero-order valence-electron chi connectivity index (χ0n) is 11.0. The maximum atomic E-state index is 11.1. The number of carboxylic acid groups (broad SMARTS) is 1. The Morgan fingerprint density at radius 3 is 2.85 bits per heavy atom. The van der Waals surface area contributed by atoms with E-state index in [0.717, 1.165) is 3.57 Å². The van der Waals surface area contributed by atoms with Crippen molar-refractivity contribution < 1.29 is 19.2 Å². The van der Waals surface area contributed by atoms with Gasteiger partial charge in [-0.15, -0.1) is 0 Å². The maximum absolute atomic E-state index is 11.1. The number of hydrogen-bond donors (Lipinski definition) is 1. The average molecular weight is 388 g/mol. The number of halogens is 1. The van der Waals surface area contributed by atoms with E-state index in [4.69, 9.17) is 14.4 Å². The monoisotopic (exact) mass is 388 g/mol. The van der Waals surface area contributed by atoms with Gasteiger partial charge in [0.15, 0.2) is 12.4 Å². The van der Waals surface area contributed by atoms with Crippen molar-refractivity contribution in [1.82, 2.24) is 10.1 Å². The van der Waals surface area contributed by atoms with Crippen molar-refractivity contribution in [3.05, 3.63) is 39.0 Å². The molecule has 20 heavy (non-hydrogen) atoms. The summed E-state index contributed by atoms with van der Waals surface area (Å²) in [7, 11) is 0. The highest BCUT2D eigenvalue weighted by Crippen LogP contribution is 2.22. The number of nitrogens with zero attached hydrogens (tertiary/aromatic N) is 2. The zero-order chi connectivity index (χ0) is 14.7. The minimum Gasteiger partial charge on any atom is -0.483 e. The molecule has 0 bridgehead atoms. The van der Waals surface area contributed by atoms with E-state index in [9.17, 15) is 4.79 Å². The number of aromatic carboxylic acids is 1. The predicted octanol–water partition coefficient (Wildman–Crippen LogP) is 3.07. The number of ether oxygens (including phenoxy) is 1. The molecule has 1 aromatic carbocycles. The summed E-state index contributed by atoms with van der Waals surface area (Å²) in [5, 5.41) is 12.9. The van der Waals surface area contributed by atoms with E-state index in [-0.39, 0.29) is 23.8 Å². The molecule has 0 amide bonds. The SMILES string of the molecule is CC(C)c1noc(COc2ccc(I)cc2C(=O)O)n1. The Hall–Kier alpha value is -1.64. The van der Waals surface area contributed by atoms with Gasteiger partial charge in [0.1, 0.15) is 11.3 Å². The van der Waals surface area contributed by atoms with E-state index in [2.05, 4.69) is 10.1 Å². The second-order valence-corrected chi connectivity index (χ2v) is 5.68. The van der Waals surface area contributed by atoms with Gasteiger partial charge in [-0.05, 0) is 40.8 Å². The fraction of sp³-hybridized carbons (Fsp3) is 0.308. The third-order valence-corrected chi connectivity index (χ3v) is 3.19. The quantitative estimate of drug-likeness (QED) is 0.793. The Morgan fingerprint density at radius 2 is 2.25 bits per heavy atom. The van der Waals surface area contributed by atoms with Crippen LogP contribution in [0.1, 0.15) is 41.8 Å². The summed E-state index contributed by atoms with van der Waals surface area (Å²) < 4.78 is 11.3. The van der Waals surface area contributed by atoms with Gasteiger partial charge in [0.25, 0.3) is 5.89 Å². The second-order valence-electron chi connectivity index (χ2n) is 4.44. The Kier molecular flexibility index (Phi) is 4.58. The first-order valence-corrected chi connectivity index (χ1v) is 7.03. The summed E-state index contributed by atoms with van der Waals surface area (Å²) in [6.45, 7) is 3.95. The third kappa shape index (κ3) is 3.47. The zero-order valence-corrected chi connectivity index (χ0v) is 13.1. The maximum Gasteiger partial charge on any atom is 0.339 e. The summed E-state index contributed by atoms with van der Waals surface area (Å²) in [5.41, 5.74) is 0.112. The van der Waals surface area contributed by atoms with Crippen LogP contribution in [0.2, 0.25) is 0 Å². The molecule has 0 radical (unpaired) electrons. The molecular weight excluding hydrogens is 375 g/mol. The summed E-state index contributed by atoms with van der Waals surface area (Å²) in [4.78, 5) is 15.3. The minimum atomic E-state index is -1.04. The van der Waals surface area contributed by atoms with Crippen LogP contribution in [0.5, 0.6) is 5.75 Å². The van der Waals surface area contributed by atoms with Gasteiger partial charge in [0, 0.05) is 9.49 Å². The molecule has 0 spiro atoms. The molecule has 0 aliphatic heterocycles. The average Bonchev–Trinajstić information content (AvgIpc) is 2.86. The fourth-order valence-electron chi connectivity index (χ4n) is 1.50. The number of aromatic nitrogens is 2. The molecule has 2 aromatic rings. The van der Waals surface area contributed by atoms with Crippen LogP contribution in [0, 0.1) is 3.57 Å². The van der Waals surface area contributed by atoms with Crippen molar-refractivity contribution in [2.45, 2.75) is 26.4 Å². The van der Waals surface area contributed by atoms with Crippen LogP contribution in [-0.4, -0.2) is 21.2 Å². The van der Waals surface area contributed by atoms with Crippen LogP contribution < -0.4 is 4.74 Å². The number of hydrogen-bond acceptors (Lipinski definition) is 5. The van der Waals surface area contributed by atoms with Gasteiger partial charge >= 0.3 is 5.97 Å². The summed E-state index contributed by atoms with van der Waals surface area (Å²) >= 11 is 2.05. The number of carboxylic acids is 1. The van der Waals surface area contributed by atoms with Gasteiger partial charge in [0.2, 0.25) is 0 Å². The largest absolute Gasteiger partial charge is 0.483 e. The van der Waals surface area contributed by atoms with Gasteiger partial charge in [-0.25, -0.2) is 4.79 Å². The minimum absolute atomic E-state index is 0.0423. The molecule has 6 nitrogen and oxygen atoms in total. The Morgan fingerprint density at radius 1 is 1.50 bits per heavy atom. The summed E-state index contributed by atoms with van der Waals surface area (Å²) in [5.74, 6) is 0.336. The molecule has 0 atom stereocenters. The molecular formula is C13H13IN2O4. The second kappa shape index (κ2) is 6.21. The molecule has 1 N–H and O–H groups in total.